The summed E-state index contributed by atoms with van der Waals surface area (Å²) >= 11 is 0. The first kappa shape index (κ1) is 40.0. The van der Waals surface area contributed by atoms with Crippen LogP contribution < -0.4 is 32.1 Å². The molecule has 2 atom stereocenters. The van der Waals surface area contributed by atoms with Gasteiger partial charge in [-0.15, -0.1) is 0 Å². The van der Waals surface area contributed by atoms with Crippen LogP contribution in [0.25, 0.3) is 0 Å². The summed E-state index contributed by atoms with van der Waals surface area (Å²) in [7, 11) is 0. The van der Waals surface area contributed by atoms with Crippen molar-refractivity contribution in [3.63, 3.8) is 0 Å². The summed E-state index contributed by atoms with van der Waals surface area (Å²) in [6.45, 7) is 10.4. The minimum atomic E-state index is -0.692. The zero-order valence-electron chi connectivity index (χ0n) is 26.1. The highest BCUT2D eigenvalue weighted by atomic mass is 17.1. The lowest BCUT2D eigenvalue weighted by atomic mass is 10.0. The molecule has 2 unspecified atom stereocenters. The van der Waals surface area contributed by atoms with Crippen LogP contribution >= 0.6 is 0 Å². The number of hydrogen-bond donors (Lipinski definition) is 7. The van der Waals surface area contributed by atoms with Gasteiger partial charge in [0.05, 0.1) is 6.61 Å². The second-order valence-electron chi connectivity index (χ2n) is 9.99. The molecule has 0 aromatic rings. The van der Waals surface area contributed by atoms with Crippen molar-refractivity contribution in [2.45, 2.75) is 72.4 Å². The summed E-state index contributed by atoms with van der Waals surface area (Å²) in [4.78, 5) is 68.7. The van der Waals surface area contributed by atoms with Crippen LogP contribution in [0.15, 0.2) is 0 Å². The fourth-order valence-corrected chi connectivity index (χ4v) is 3.80. The Bertz CT molecular complexity index is 805. The van der Waals surface area contributed by atoms with Gasteiger partial charge in [0.2, 0.25) is 17.7 Å². The molecule has 16 nitrogen and oxygen atoms in total. The van der Waals surface area contributed by atoms with Crippen molar-refractivity contribution >= 4 is 29.8 Å². The average Bonchev–Trinajstić information content (AvgIpc) is 2.95. The Kier molecular flexibility index (Phi) is 24.7. The zero-order chi connectivity index (χ0) is 32.3. The van der Waals surface area contributed by atoms with Crippen LogP contribution in [0.1, 0.15) is 66.2 Å². The molecule has 7 N–H and O–H groups in total. The number of hydroxylamine groups is 1. The molecule has 0 aliphatic rings. The summed E-state index contributed by atoms with van der Waals surface area (Å²) in [5.74, 6) is -0.936. The van der Waals surface area contributed by atoms with Crippen LogP contribution in [-0.4, -0.2) is 112 Å². The second-order valence-corrected chi connectivity index (χ2v) is 9.99. The maximum Gasteiger partial charge on any atom is 0.407 e. The first-order valence-electron chi connectivity index (χ1n) is 14.9. The van der Waals surface area contributed by atoms with Gasteiger partial charge in [-0.3, -0.25) is 34.7 Å². The Morgan fingerprint density at radius 1 is 0.744 bits per heavy atom. The maximum absolute atomic E-state index is 12.0. The van der Waals surface area contributed by atoms with E-state index in [1.165, 1.54) is 20.8 Å². The highest BCUT2D eigenvalue weighted by molar-refractivity contribution is 5.73. The second kappa shape index (κ2) is 26.6. The van der Waals surface area contributed by atoms with Gasteiger partial charge in [-0.2, -0.15) is 5.48 Å². The van der Waals surface area contributed by atoms with Crippen molar-refractivity contribution in [3.05, 3.63) is 0 Å². The smallest absolute Gasteiger partial charge is 0.407 e. The van der Waals surface area contributed by atoms with E-state index in [9.17, 15) is 29.2 Å². The van der Waals surface area contributed by atoms with Crippen LogP contribution in [0.3, 0.4) is 0 Å². The molecular weight excluding hydrogens is 566 g/mol. The third-order valence-electron chi connectivity index (χ3n) is 6.23. The van der Waals surface area contributed by atoms with Crippen molar-refractivity contribution in [1.82, 2.24) is 37.0 Å². The van der Waals surface area contributed by atoms with Gasteiger partial charge in [0.1, 0.15) is 6.23 Å². The van der Waals surface area contributed by atoms with Crippen LogP contribution in [0.5, 0.6) is 0 Å². The van der Waals surface area contributed by atoms with Crippen molar-refractivity contribution in [2.75, 3.05) is 65.5 Å². The number of amides is 4. The van der Waals surface area contributed by atoms with Crippen LogP contribution in [0.2, 0.25) is 0 Å². The van der Waals surface area contributed by atoms with E-state index in [-0.39, 0.29) is 36.7 Å². The van der Waals surface area contributed by atoms with E-state index >= 15 is 0 Å². The van der Waals surface area contributed by atoms with Crippen molar-refractivity contribution in [3.8, 4) is 0 Å². The monoisotopic (exact) mass is 619 g/mol. The van der Waals surface area contributed by atoms with Gasteiger partial charge >= 0.3 is 12.1 Å². The standard InChI is InChI=1S/C27H53N7O9/c1-5-24(20-32-23(4)37)26(43-40)30-13-16-34(17-14-31-27(39)41-19-9-8-12-29-22(3)36)18-15-33-42-25(38)10-6-7-11-28-21(2)35/h24,26,30,33,40H,5-20H2,1-4H3,(H,28,35)(H,29,36)(H,31,39)(H,32,37). The highest BCUT2D eigenvalue weighted by Gasteiger charge is 2.21. The molecule has 0 heterocycles. The molecular formula is C27H53N7O9. The summed E-state index contributed by atoms with van der Waals surface area (Å²) in [6.07, 6.45) is 2.23. The largest absolute Gasteiger partial charge is 0.450 e. The molecule has 0 saturated heterocycles. The molecule has 43 heavy (non-hydrogen) atoms. The van der Waals surface area contributed by atoms with Crippen molar-refractivity contribution < 1.29 is 43.7 Å². The third kappa shape index (κ3) is 25.2. The van der Waals surface area contributed by atoms with Gasteiger partial charge in [0, 0.05) is 92.0 Å². The topological polar surface area (TPSA) is 209 Å². The molecule has 0 radical (unpaired) electrons. The third-order valence-corrected chi connectivity index (χ3v) is 6.23. The van der Waals surface area contributed by atoms with E-state index in [1.807, 2.05) is 11.8 Å². The van der Waals surface area contributed by atoms with E-state index in [0.717, 1.165) is 0 Å². The number of ether oxygens (including phenoxy) is 1. The molecule has 0 aromatic carbocycles. The summed E-state index contributed by atoms with van der Waals surface area (Å²) < 4.78 is 5.16. The van der Waals surface area contributed by atoms with E-state index in [1.54, 1.807) is 0 Å². The normalized spacial score (nSPS) is 12.2. The minimum absolute atomic E-state index is 0.100. The van der Waals surface area contributed by atoms with Crippen molar-refractivity contribution in [1.29, 1.82) is 0 Å². The number of alkyl carbamates (subject to hydrolysis) is 1. The number of nitrogens with one attached hydrogen (secondary N) is 6. The average molecular weight is 620 g/mol. The quantitative estimate of drug-likeness (QED) is 0.0292. The number of rotatable bonds is 26. The maximum atomic E-state index is 12.0. The van der Waals surface area contributed by atoms with E-state index in [2.05, 4.69) is 37.0 Å². The highest BCUT2D eigenvalue weighted by Crippen LogP contribution is 2.08. The Morgan fingerprint density at radius 3 is 1.95 bits per heavy atom. The zero-order valence-corrected chi connectivity index (χ0v) is 26.1. The van der Waals surface area contributed by atoms with E-state index in [0.29, 0.717) is 91.0 Å². The molecule has 0 fully saturated rings. The predicted octanol–water partition coefficient (Wildman–Crippen LogP) is -0.147. The molecule has 0 aliphatic carbocycles. The van der Waals surface area contributed by atoms with Gasteiger partial charge in [-0.25, -0.2) is 9.68 Å². The lowest BCUT2D eigenvalue weighted by Gasteiger charge is -2.27. The minimum Gasteiger partial charge on any atom is -0.450 e. The molecule has 4 amide bonds. The number of carbonyl (C=O) groups is 5. The summed E-state index contributed by atoms with van der Waals surface area (Å²) in [5, 5.41) is 23.3. The number of nitrogens with zero attached hydrogens (tertiary/aromatic N) is 1. The molecule has 0 rings (SSSR count). The van der Waals surface area contributed by atoms with Gasteiger partial charge < -0.3 is 30.8 Å². The first-order chi connectivity index (χ1) is 20.6. The molecule has 16 heteroatoms. The van der Waals surface area contributed by atoms with Gasteiger partial charge in [0.15, 0.2) is 0 Å². The molecule has 0 spiro atoms. The Morgan fingerprint density at radius 2 is 1.35 bits per heavy atom. The SMILES string of the molecule is CCC(CNC(C)=O)C(NCCN(CCNOC(=O)CCCCNC(C)=O)CCNC(=O)OCCCCNC(C)=O)OO. The van der Waals surface area contributed by atoms with E-state index in [4.69, 9.17) is 9.57 Å². The number of unbranched alkanes of at least 4 members (excludes halogenated alkanes) is 2. The molecule has 250 valence electrons. The van der Waals surface area contributed by atoms with Crippen LogP contribution in [0.4, 0.5) is 4.79 Å². The predicted molar refractivity (Wildman–Crippen MR) is 158 cm³/mol. The fraction of sp³-hybridized carbons (Fsp3) is 0.815. The van der Waals surface area contributed by atoms with Gasteiger partial charge in [0.25, 0.3) is 0 Å². The molecule has 0 bridgehead atoms. The van der Waals surface area contributed by atoms with Crippen LogP contribution in [0, 0.1) is 5.92 Å². The van der Waals surface area contributed by atoms with Crippen LogP contribution in [-0.2, 0) is 33.6 Å². The van der Waals surface area contributed by atoms with Gasteiger partial charge in [-0.05, 0) is 32.1 Å². The lowest BCUT2D eigenvalue weighted by molar-refractivity contribution is -0.297. The number of carbonyl (C=O) groups excluding carboxylic acids is 5. The number of hydrogen-bond acceptors (Lipinski definition) is 12. The lowest BCUT2D eigenvalue weighted by Crippen LogP contribution is -2.47. The van der Waals surface area contributed by atoms with E-state index < -0.39 is 18.3 Å². The van der Waals surface area contributed by atoms with Crippen molar-refractivity contribution in [2.24, 2.45) is 5.92 Å². The molecule has 0 aromatic heterocycles. The first-order valence-corrected chi connectivity index (χ1v) is 14.9. The summed E-state index contributed by atoms with van der Waals surface area (Å²) in [5.41, 5.74) is 2.67. The Balaban J connectivity index is 4.61. The Hall–Kier alpha value is -3.05. The summed E-state index contributed by atoms with van der Waals surface area (Å²) in [6, 6.07) is 0. The van der Waals surface area contributed by atoms with Gasteiger partial charge in [-0.1, -0.05) is 6.92 Å². The molecule has 0 aliphatic heterocycles. The molecule has 0 saturated carbocycles. The fourth-order valence-electron chi connectivity index (χ4n) is 3.80. The Labute approximate surface area is 254 Å².